The molecule has 2 saturated carbocycles. The molecular weight excluding hydrogens is 176 g/mol. The van der Waals surface area contributed by atoms with Crippen LogP contribution >= 0.6 is 0 Å². The van der Waals surface area contributed by atoms with Crippen LogP contribution in [0.3, 0.4) is 0 Å². The molecule has 0 aromatic carbocycles. The molecule has 2 aliphatic carbocycles. The minimum absolute atomic E-state index is 0.235. The summed E-state index contributed by atoms with van der Waals surface area (Å²) in [5.41, 5.74) is 0. The molecule has 2 aliphatic rings. The van der Waals surface area contributed by atoms with Crippen molar-refractivity contribution >= 4 is 0 Å². The molecular formula is C12H21O2. The van der Waals surface area contributed by atoms with Crippen LogP contribution in [0, 0.1) is 6.92 Å². The molecule has 1 radical (unpaired) electrons. The molecule has 2 heteroatoms. The summed E-state index contributed by atoms with van der Waals surface area (Å²) in [7, 11) is 0. The van der Waals surface area contributed by atoms with Crippen molar-refractivity contribution in [1.82, 2.24) is 0 Å². The molecule has 0 heterocycles. The third kappa shape index (κ3) is 2.96. The molecule has 0 unspecified atom stereocenters. The van der Waals surface area contributed by atoms with Crippen LogP contribution in [0.1, 0.15) is 51.4 Å². The first-order valence-electron chi connectivity index (χ1n) is 5.98. The predicted octanol–water partition coefficient (Wildman–Crippen LogP) is 3.06. The van der Waals surface area contributed by atoms with E-state index >= 15 is 0 Å². The summed E-state index contributed by atoms with van der Waals surface area (Å²) in [5.74, 6) is 0. The van der Waals surface area contributed by atoms with Crippen molar-refractivity contribution in [2.45, 2.75) is 69.9 Å². The van der Waals surface area contributed by atoms with Crippen LogP contribution in [0.5, 0.6) is 0 Å². The highest BCUT2D eigenvalue weighted by Crippen LogP contribution is 2.25. The van der Waals surface area contributed by atoms with E-state index in [1.165, 1.54) is 51.4 Å². The smallest absolute Gasteiger partial charge is 0.158 e. The van der Waals surface area contributed by atoms with Gasteiger partial charge >= 0.3 is 0 Å². The molecule has 0 amide bonds. The lowest BCUT2D eigenvalue weighted by atomic mass is 10.3. The number of hydrogen-bond acceptors (Lipinski definition) is 2. The Labute approximate surface area is 87.0 Å². The Balaban J connectivity index is 1.64. The molecule has 0 saturated heterocycles. The van der Waals surface area contributed by atoms with E-state index in [0.717, 1.165) is 0 Å². The van der Waals surface area contributed by atoms with Crippen LogP contribution in [0.2, 0.25) is 0 Å². The highest BCUT2D eigenvalue weighted by molar-refractivity contribution is 4.71. The van der Waals surface area contributed by atoms with Gasteiger partial charge in [-0.25, -0.2) is 0 Å². The van der Waals surface area contributed by atoms with Gasteiger partial charge in [0.2, 0.25) is 0 Å². The van der Waals surface area contributed by atoms with E-state index in [4.69, 9.17) is 9.47 Å². The van der Waals surface area contributed by atoms with Gasteiger partial charge in [0.05, 0.1) is 12.2 Å². The van der Waals surface area contributed by atoms with Crippen LogP contribution in [0.25, 0.3) is 0 Å². The van der Waals surface area contributed by atoms with Crippen LogP contribution < -0.4 is 0 Å². The molecule has 0 aromatic rings. The second-order valence-corrected chi connectivity index (χ2v) is 4.51. The van der Waals surface area contributed by atoms with Gasteiger partial charge in [0, 0.05) is 6.92 Å². The molecule has 14 heavy (non-hydrogen) atoms. The zero-order valence-electron chi connectivity index (χ0n) is 8.91. The van der Waals surface area contributed by atoms with Crippen molar-refractivity contribution in [3.8, 4) is 0 Å². The highest BCUT2D eigenvalue weighted by atomic mass is 16.7. The van der Waals surface area contributed by atoms with Gasteiger partial charge in [-0.15, -0.1) is 0 Å². The number of ether oxygens (including phenoxy) is 2. The van der Waals surface area contributed by atoms with Gasteiger partial charge in [0.1, 0.15) is 0 Å². The van der Waals surface area contributed by atoms with E-state index in [0.29, 0.717) is 12.2 Å². The zero-order valence-corrected chi connectivity index (χ0v) is 8.91. The van der Waals surface area contributed by atoms with Gasteiger partial charge in [-0.1, -0.05) is 25.7 Å². The van der Waals surface area contributed by atoms with Crippen molar-refractivity contribution < 1.29 is 9.47 Å². The molecule has 0 N–H and O–H groups in total. The third-order valence-corrected chi connectivity index (χ3v) is 3.29. The van der Waals surface area contributed by atoms with Crippen molar-refractivity contribution in [3.05, 3.63) is 6.92 Å². The maximum Gasteiger partial charge on any atom is 0.158 e. The molecule has 0 aliphatic heterocycles. The Kier molecular flexibility index (Phi) is 3.82. The van der Waals surface area contributed by atoms with E-state index in [1.54, 1.807) is 0 Å². The second kappa shape index (κ2) is 5.13. The molecule has 2 nitrogen and oxygen atoms in total. The quantitative estimate of drug-likeness (QED) is 0.645. The standard InChI is InChI=1S/C12H21O2/c1-10(13-11-6-2-3-7-11)14-12-8-4-5-9-12/h10-12H,1-9H2. The van der Waals surface area contributed by atoms with E-state index in [1.807, 2.05) is 0 Å². The first-order chi connectivity index (χ1) is 6.84. The minimum atomic E-state index is -0.235. The fourth-order valence-electron chi connectivity index (χ4n) is 2.51. The third-order valence-electron chi connectivity index (χ3n) is 3.29. The van der Waals surface area contributed by atoms with E-state index in [-0.39, 0.29) is 6.29 Å². The fraction of sp³-hybridized carbons (Fsp3) is 0.917. The summed E-state index contributed by atoms with van der Waals surface area (Å²) in [4.78, 5) is 0. The van der Waals surface area contributed by atoms with Crippen LogP contribution in [-0.4, -0.2) is 18.5 Å². The summed E-state index contributed by atoms with van der Waals surface area (Å²) in [5, 5.41) is 0. The molecule has 0 bridgehead atoms. The molecule has 2 fully saturated rings. The van der Waals surface area contributed by atoms with Crippen LogP contribution in [-0.2, 0) is 9.47 Å². The molecule has 2 rings (SSSR count). The van der Waals surface area contributed by atoms with Crippen molar-refractivity contribution in [2.75, 3.05) is 0 Å². The van der Waals surface area contributed by atoms with E-state index in [2.05, 4.69) is 6.92 Å². The van der Waals surface area contributed by atoms with Gasteiger partial charge in [-0.05, 0) is 25.7 Å². The Morgan fingerprint density at radius 1 is 0.786 bits per heavy atom. The topological polar surface area (TPSA) is 18.5 Å². The average molecular weight is 197 g/mol. The maximum absolute atomic E-state index is 5.74. The summed E-state index contributed by atoms with van der Waals surface area (Å²) < 4.78 is 11.5. The van der Waals surface area contributed by atoms with Gasteiger partial charge in [0.15, 0.2) is 6.29 Å². The van der Waals surface area contributed by atoms with E-state index in [9.17, 15) is 0 Å². The Bertz CT molecular complexity index is 140. The average Bonchev–Trinajstić information content (AvgIpc) is 2.76. The van der Waals surface area contributed by atoms with Gasteiger partial charge in [-0.3, -0.25) is 0 Å². The zero-order chi connectivity index (χ0) is 9.80. The Morgan fingerprint density at radius 2 is 1.14 bits per heavy atom. The monoisotopic (exact) mass is 197 g/mol. The first kappa shape index (κ1) is 10.4. The lowest BCUT2D eigenvalue weighted by Gasteiger charge is -2.21. The van der Waals surface area contributed by atoms with E-state index < -0.39 is 0 Å². The normalized spacial score (nSPS) is 25.3. The fourth-order valence-corrected chi connectivity index (χ4v) is 2.51. The molecule has 0 atom stereocenters. The lowest BCUT2D eigenvalue weighted by molar-refractivity contribution is -0.166. The second-order valence-electron chi connectivity index (χ2n) is 4.51. The first-order valence-corrected chi connectivity index (χ1v) is 5.98. The highest BCUT2D eigenvalue weighted by Gasteiger charge is 2.22. The SMILES string of the molecule is [CH2]C(OC1CCCC1)OC1CCCC1. The summed E-state index contributed by atoms with van der Waals surface area (Å²) in [6.45, 7) is 3.92. The predicted molar refractivity (Wildman–Crippen MR) is 55.8 cm³/mol. The summed E-state index contributed by atoms with van der Waals surface area (Å²) in [6, 6.07) is 0. The van der Waals surface area contributed by atoms with Gasteiger partial charge in [-0.2, -0.15) is 0 Å². The maximum atomic E-state index is 5.74. The van der Waals surface area contributed by atoms with Crippen molar-refractivity contribution in [1.29, 1.82) is 0 Å². The van der Waals surface area contributed by atoms with Gasteiger partial charge in [0.25, 0.3) is 0 Å². The number of hydrogen-bond donors (Lipinski definition) is 0. The molecule has 81 valence electrons. The molecule has 0 aromatic heterocycles. The van der Waals surface area contributed by atoms with Crippen LogP contribution in [0.15, 0.2) is 0 Å². The van der Waals surface area contributed by atoms with Crippen LogP contribution in [0.4, 0.5) is 0 Å². The largest absolute Gasteiger partial charge is 0.349 e. The summed E-state index contributed by atoms with van der Waals surface area (Å²) >= 11 is 0. The van der Waals surface area contributed by atoms with Gasteiger partial charge < -0.3 is 9.47 Å². The summed E-state index contributed by atoms with van der Waals surface area (Å²) in [6.07, 6.45) is 10.6. The Hall–Kier alpha value is -0.0800. The molecule has 0 spiro atoms. The number of rotatable bonds is 4. The lowest BCUT2D eigenvalue weighted by Crippen LogP contribution is -2.24. The minimum Gasteiger partial charge on any atom is -0.349 e. The Morgan fingerprint density at radius 3 is 1.50 bits per heavy atom. The van der Waals surface area contributed by atoms with Crippen molar-refractivity contribution in [2.24, 2.45) is 0 Å². The van der Waals surface area contributed by atoms with Crippen molar-refractivity contribution in [3.63, 3.8) is 0 Å².